The van der Waals surface area contributed by atoms with Gasteiger partial charge in [-0.05, 0) is 12.0 Å². The fourth-order valence-corrected chi connectivity index (χ4v) is 2.95. The zero-order valence-electron chi connectivity index (χ0n) is 11.0. The molecule has 0 aliphatic carbocycles. The second-order valence-electron chi connectivity index (χ2n) is 5.20. The van der Waals surface area contributed by atoms with Crippen molar-refractivity contribution in [1.29, 1.82) is 0 Å². The van der Waals surface area contributed by atoms with Crippen molar-refractivity contribution in [3.8, 4) is 0 Å². The number of fused-ring (bicyclic) bond motifs is 2. The van der Waals surface area contributed by atoms with E-state index in [0.717, 1.165) is 12.8 Å². The molecule has 2 bridgehead atoms. The third-order valence-corrected chi connectivity index (χ3v) is 4.00. The molecule has 3 atom stereocenters. The summed E-state index contributed by atoms with van der Waals surface area (Å²) in [6.45, 7) is 0.495. The second-order valence-corrected chi connectivity index (χ2v) is 5.20. The summed E-state index contributed by atoms with van der Waals surface area (Å²) in [5.41, 5.74) is 1.26. The van der Waals surface area contributed by atoms with Crippen molar-refractivity contribution in [3.63, 3.8) is 0 Å². The number of ether oxygens (including phenoxy) is 3. The SMILES string of the molecule is COC(=O)[C@H]1C[C@@]2(CCc3ccccc3)OC[C@@H]1O2. The predicted octanol–water partition coefficient (Wildman–Crippen LogP) is 1.92. The lowest BCUT2D eigenvalue weighted by atomic mass is 9.92. The molecule has 0 radical (unpaired) electrons. The minimum atomic E-state index is -0.584. The van der Waals surface area contributed by atoms with E-state index in [4.69, 9.17) is 14.2 Å². The molecule has 19 heavy (non-hydrogen) atoms. The van der Waals surface area contributed by atoms with Crippen LogP contribution in [0.2, 0.25) is 0 Å². The fourth-order valence-electron chi connectivity index (χ4n) is 2.95. The maximum absolute atomic E-state index is 11.7. The topological polar surface area (TPSA) is 44.8 Å². The van der Waals surface area contributed by atoms with Crippen LogP contribution in [-0.4, -0.2) is 31.6 Å². The number of esters is 1. The van der Waals surface area contributed by atoms with Gasteiger partial charge >= 0.3 is 5.97 Å². The monoisotopic (exact) mass is 262 g/mol. The van der Waals surface area contributed by atoms with Crippen molar-refractivity contribution in [1.82, 2.24) is 0 Å². The summed E-state index contributed by atoms with van der Waals surface area (Å²) in [6, 6.07) is 10.2. The molecular weight excluding hydrogens is 244 g/mol. The van der Waals surface area contributed by atoms with Gasteiger partial charge < -0.3 is 14.2 Å². The number of hydrogen-bond donors (Lipinski definition) is 0. The molecule has 4 nitrogen and oxygen atoms in total. The van der Waals surface area contributed by atoms with Gasteiger partial charge in [-0.25, -0.2) is 0 Å². The molecule has 2 saturated heterocycles. The maximum Gasteiger partial charge on any atom is 0.311 e. The Balaban J connectivity index is 1.64. The van der Waals surface area contributed by atoms with Gasteiger partial charge in [0.05, 0.1) is 25.7 Å². The lowest BCUT2D eigenvalue weighted by molar-refractivity contribution is -0.156. The van der Waals surface area contributed by atoms with Crippen molar-refractivity contribution >= 4 is 5.97 Å². The van der Waals surface area contributed by atoms with Gasteiger partial charge in [0.2, 0.25) is 0 Å². The summed E-state index contributed by atoms with van der Waals surface area (Å²) >= 11 is 0. The molecule has 0 saturated carbocycles. The van der Waals surface area contributed by atoms with E-state index in [0.29, 0.717) is 13.0 Å². The fraction of sp³-hybridized carbons (Fsp3) is 0.533. The van der Waals surface area contributed by atoms with Gasteiger partial charge in [0, 0.05) is 12.8 Å². The summed E-state index contributed by atoms with van der Waals surface area (Å²) in [6.07, 6.45) is 2.14. The molecule has 2 aliphatic rings. The first-order chi connectivity index (χ1) is 9.22. The highest BCUT2D eigenvalue weighted by Crippen LogP contribution is 2.45. The number of rotatable bonds is 4. The van der Waals surface area contributed by atoms with Gasteiger partial charge in [-0.15, -0.1) is 0 Å². The molecular formula is C15H18O4. The average Bonchev–Trinajstić information content (AvgIpc) is 3.04. The average molecular weight is 262 g/mol. The molecule has 2 aliphatic heterocycles. The van der Waals surface area contributed by atoms with Crippen LogP contribution in [0.3, 0.4) is 0 Å². The quantitative estimate of drug-likeness (QED) is 0.778. The van der Waals surface area contributed by atoms with E-state index in [-0.39, 0.29) is 18.0 Å². The molecule has 2 heterocycles. The first kappa shape index (κ1) is 12.6. The Morgan fingerprint density at radius 2 is 2.21 bits per heavy atom. The van der Waals surface area contributed by atoms with Crippen LogP contribution in [0.1, 0.15) is 18.4 Å². The lowest BCUT2D eigenvalue weighted by Gasteiger charge is -2.26. The van der Waals surface area contributed by atoms with Crippen LogP contribution in [0.25, 0.3) is 0 Å². The summed E-state index contributed by atoms with van der Waals surface area (Å²) in [5.74, 6) is -0.941. The Bertz CT molecular complexity index is 458. The van der Waals surface area contributed by atoms with Gasteiger partial charge in [-0.3, -0.25) is 4.79 Å². The summed E-state index contributed by atoms with van der Waals surface area (Å²) in [5, 5.41) is 0. The molecule has 1 aromatic carbocycles. The highest BCUT2D eigenvalue weighted by Gasteiger charge is 2.55. The molecule has 0 spiro atoms. The van der Waals surface area contributed by atoms with Crippen LogP contribution in [0, 0.1) is 5.92 Å². The normalized spacial score (nSPS) is 32.5. The van der Waals surface area contributed by atoms with Crippen molar-refractivity contribution in [3.05, 3.63) is 35.9 Å². The van der Waals surface area contributed by atoms with E-state index in [2.05, 4.69) is 12.1 Å². The smallest absolute Gasteiger partial charge is 0.311 e. The van der Waals surface area contributed by atoms with Gasteiger partial charge in [-0.2, -0.15) is 0 Å². The number of hydrogen-bond acceptors (Lipinski definition) is 4. The highest BCUT2D eigenvalue weighted by molar-refractivity contribution is 5.73. The Hall–Kier alpha value is -1.39. The molecule has 1 aromatic rings. The van der Waals surface area contributed by atoms with E-state index in [9.17, 15) is 4.79 Å². The zero-order valence-corrected chi connectivity index (χ0v) is 11.0. The van der Waals surface area contributed by atoms with Gasteiger partial charge in [-0.1, -0.05) is 30.3 Å². The largest absolute Gasteiger partial charge is 0.469 e. The van der Waals surface area contributed by atoms with Crippen LogP contribution < -0.4 is 0 Å². The summed E-state index contributed by atoms with van der Waals surface area (Å²) in [7, 11) is 1.42. The summed E-state index contributed by atoms with van der Waals surface area (Å²) < 4.78 is 16.5. The van der Waals surface area contributed by atoms with Crippen LogP contribution in [-0.2, 0) is 25.4 Å². The number of carbonyl (C=O) groups excluding carboxylic acids is 1. The van der Waals surface area contributed by atoms with Crippen molar-refractivity contribution in [2.75, 3.05) is 13.7 Å². The molecule has 4 heteroatoms. The predicted molar refractivity (Wildman–Crippen MR) is 68.4 cm³/mol. The minimum absolute atomic E-state index is 0.136. The van der Waals surface area contributed by atoms with Gasteiger partial charge in [0.15, 0.2) is 5.79 Å². The third-order valence-electron chi connectivity index (χ3n) is 4.00. The third kappa shape index (κ3) is 2.38. The number of benzene rings is 1. The maximum atomic E-state index is 11.7. The van der Waals surface area contributed by atoms with E-state index >= 15 is 0 Å². The Labute approximate surface area is 112 Å². The van der Waals surface area contributed by atoms with Crippen LogP contribution in [0.4, 0.5) is 0 Å². The molecule has 0 N–H and O–H groups in total. The number of aryl methyl sites for hydroxylation is 1. The first-order valence-corrected chi connectivity index (χ1v) is 6.66. The van der Waals surface area contributed by atoms with Crippen LogP contribution in [0.5, 0.6) is 0 Å². The minimum Gasteiger partial charge on any atom is -0.469 e. The Kier molecular flexibility index (Phi) is 3.29. The van der Waals surface area contributed by atoms with Crippen molar-refractivity contribution in [2.45, 2.75) is 31.2 Å². The van der Waals surface area contributed by atoms with E-state index in [1.807, 2.05) is 18.2 Å². The number of carbonyl (C=O) groups is 1. The molecule has 2 fully saturated rings. The van der Waals surface area contributed by atoms with E-state index in [1.165, 1.54) is 12.7 Å². The first-order valence-electron chi connectivity index (χ1n) is 6.66. The second kappa shape index (κ2) is 4.94. The van der Waals surface area contributed by atoms with Gasteiger partial charge in [0.1, 0.15) is 0 Å². The highest BCUT2D eigenvalue weighted by atomic mass is 16.8. The van der Waals surface area contributed by atoms with Gasteiger partial charge in [0.25, 0.3) is 0 Å². The van der Waals surface area contributed by atoms with Crippen molar-refractivity contribution in [2.24, 2.45) is 5.92 Å². The number of methoxy groups -OCH3 is 1. The molecule has 0 unspecified atom stereocenters. The Morgan fingerprint density at radius 1 is 1.42 bits per heavy atom. The molecule has 102 valence electrons. The van der Waals surface area contributed by atoms with E-state index < -0.39 is 5.79 Å². The van der Waals surface area contributed by atoms with Crippen LogP contribution in [0.15, 0.2) is 30.3 Å². The standard InChI is InChI=1S/C15H18O4/c1-17-14(16)12-9-15(18-10-13(12)19-15)8-7-11-5-3-2-4-6-11/h2-6,12-13H,7-10H2,1H3/t12-,13-,15-/m0/s1. The summed E-state index contributed by atoms with van der Waals surface area (Å²) in [4.78, 5) is 11.7. The lowest BCUT2D eigenvalue weighted by Crippen LogP contribution is -2.35. The zero-order chi connectivity index (χ0) is 13.3. The Morgan fingerprint density at radius 3 is 2.95 bits per heavy atom. The molecule has 0 amide bonds. The van der Waals surface area contributed by atoms with Crippen LogP contribution >= 0.6 is 0 Å². The van der Waals surface area contributed by atoms with E-state index in [1.54, 1.807) is 0 Å². The molecule has 0 aromatic heterocycles. The molecule has 3 rings (SSSR count). The van der Waals surface area contributed by atoms with Crippen molar-refractivity contribution < 1.29 is 19.0 Å².